The summed E-state index contributed by atoms with van der Waals surface area (Å²) in [5.74, 6) is 0. The molecule has 0 atom stereocenters. The molecule has 2 nitrogen and oxygen atoms in total. The topological polar surface area (TPSA) is 15.3 Å². The Hall–Kier alpha value is -1.02. The quantitative estimate of drug-likeness (QED) is 0.864. The van der Waals surface area contributed by atoms with Gasteiger partial charge in [-0.25, -0.2) is 0 Å². The fraction of sp³-hybridized carbons (Fsp3) is 0.647. The maximum absolute atomic E-state index is 3.22. The molecule has 0 bridgehead atoms. The average molecular weight is 260 g/mol. The van der Waals surface area contributed by atoms with E-state index in [1.165, 1.54) is 48.9 Å². The molecule has 0 aromatic heterocycles. The van der Waals surface area contributed by atoms with Crippen molar-refractivity contribution >= 4 is 5.69 Å². The van der Waals surface area contributed by atoms with Crippen LogP contribution in [-0.4, -0.2) is 19.6 Å². The van der Waals surface area contributed by atoms with Crippen molar-refractivity contribution in [3.63, 3.8) is 0 Å². The molecule has 1 aromatic carbocycles. The van der Waals surface area contributed by atoms with E-state index in [9.17, 15) is 0 Å². The number of anilines is 1. The number of aryl methyl sites for hydroxylation is 1. The molecule has 1 aliphatic carbocycles. The third-order valence-corrected chi connectivity index (χ3v) is 4.31. The SMILES string of the molecule is CCN(c1ccc(CNC)cc1C)C1CCCCC1. The van der Waals surface area contributed by atoms with Crippen molar-refractivity contribution in [3.05, 3.63) is 29.3 Å². The van der Waals surface area contributed by atoms with Gasteiger partial charge in [0.05, 0.1) is 0 Å². The summed E-state index contributed by atoms with van der Waals surface area (Å²) in [6.07, 6.45) is 6.96. The number of nitrogens with zero attached hydrogens (tertiary/aromatic N) is 1. The second-order valence-electron chi connectivity index (χ2n) is 5.73. The lowest BCUT2D eigenvalue weighted by atomic mass is 9.93. The van der Waals surface area contributed by atoms with Crippen LogP contribution in [0.4, 0.5) is 5.69 Å². The Balaban J connectivity index is 2.17. The van der Waals surface area contributed by atoms with Crippen LogP contribution in [0.15, 0.2) is 18.2 Å². The number of rotatable bonds is 5. The van der Waals surface area contributed by atoms with E-state index in [0.29, 0.717) is 0 Å². The van der Waals surface area contributed by atoms with E-state index in [1.807, 2.05) is 7.05 Å². The van der Waals surface area contributed by atoms with E-state index in [0.717, 1.165) is 19.1 Å². The first-order valence-corrected chi connectivity index (χ1v) is 7.77. The van der Waals surface area contributed by atoms with E-state index in [1.54, 1.807) is 0 Å². The van der Waals surface area contributed by atoms with E-state index in [4.69, 9.17) is 0 Å². The molecule has 0 unspecified atom stereocenters. The lowest BCUT2D eigenvalue weighted by molar-refractivity contribution is 0.418. The Morgan fingerprint density at radius 1 is 1.21 bits per heavy atom. The summed E-state index contributed by atoms with van der Waals surface area (Å²) in [4.78, 5) is 2.62. The van der Waals surface area contributed by atoms with Gasteiger partial charge in [0, 0.05) is 24.8 Å². The van der Waals surface area contributed by atoms with Gasteiger partial charge in [-0.2, -0.15) is 0 Å². The second-order valence-corrected chi connectivity index (χ2v) is 5.73. The molecule has 0 heterocycles. The first-order chi connectivity index (χ1) is 9.26. The van der Waals surface area contributed by atoms with Crippen molar-refractivity contribution in [2.45, 2.75) is 58.5 Å². The van der Waals surface area contributed by atoms with Gasteiger partial charge >= 0.3 is 0 Å². The molecule has 2 heteroatoms. The Labute approximate surface area is 118 Å². The van der Waals surface area contributed by atoms with Crippen molar-refractivity contribution in [1.29, 1.82) is 0 Å². The van der Waals surface area contributed by atoms with Crippen LogP contribution in [0, 0.1) is 6.92 Å². The van der Waals surface area contributed by atoms with Gasteiger partial charge in [0.1, 0.15) is 0 Å². The zero-order valence-corrected chi connectivity index (χ0v) is 12.7. The third kappa shape index (κ3) is 3.50. The summed E-state index contributed by atoms with van der Waals surface area (Å²) < 4.78 is 0. The van der Waals surface area contributed by atoms with Crippen molar-refractivity contribution in [2.75, 3.05) is 18.5 Å². The minimum Gasteiger partial charge on any atom is -0.369 e. The summed E-state index contributed by atoms with van der Waals surface area (Å²) in [6, 6.07) is 7.68. The molecule has 1 fully saturated rings. The van der Waals surface area contributed by atoms with Crippen molar-refractivity contribution in [2.24, 2.45) is 0 Å². The van der Waals surface area contributed by atoms with E-state index >= 15 is 0 Å². The Bertz CT molecular complexity index is 394. The minimum atomic E-state index is 0.757. The molecule has 0 aliphatic heterocycles. The van der Waals surface area contributed by atoms with Crippen molar-refractivity contribution in [1.82, 2.24) is 5.32 Å². The normalized spacial score (nSPS) is 16.6. The van der Waals surface area contributed by atoms with Gasteiger partial charge in [0.15, 0.2) is 0 Å². The van der Waals surface area contributed by atoms with E-state index < -0.39 is 0 Å². The Morgan fingerprint density at radius 2 is 1.95 bits per heavy atom. The smallest absolute Gasteiger partial charge is 0.0398 e. The number of hydrogen-bond acceptors (Lipinski definition) is 2. The van der Waals surface area contributed by atoms with Gasteiger partial charge in [-0.15, -0.1) is 0 Å². The summed E-state index contributed by atoms with van der Waals surface area (Å²) in [5, 5.41) is 3.22. The van der Waals surface area contributed by atoms with E-state index in [-0.39, 0.29) is 0 Å². The zero-order valence-electron chi connectivity index (χ0n) is 12.7. The summed E-state index contributed by atoms with van der Waals surface area (Å²) in [6.45, 7) is 6.61. The van der Waals surface area contributed by atoms with Gasteiger partial charge in [0.2, 0.25) is 0 Å². The average Bonchev–Trinajstić information content (AvgIpc) is 2.43. The highest BCUT2D eigenvalue weighted by atomic mass is 15.2. The molecule has 0 radical (unpaired) electrons. The molecule has 19 heavy (non-hydrogen) atoms. The van der Waals surface area contributed by atoms with Crippen LogP contribution in [0.3, 0.4) is 0 Å². The predicted octanol–water partition coefficient (Wildman–Crippen LogP) is 3.87. The van der Waals surface area contributed by atoms with Gasteiger partial charge in [-0.3, -0.25) is 0 Å². The van der Waals surface area contributed by atoms with Crippen LogP contribution in [0.25, 0.3) is 0 Å². The fourth-order valence-corrected chi connectivity index (χ4v) is 3.37. The predicted molar refractivity (Wildman–Crippen MR) is 83.8 cm³/mol. The van der Waals surface area contributed by atoms with Gasteiger partial charge < -0.3 is 10.2 Å². The van der Waals surface area contributed by atoms with Gasteiger partial charge in [-0.05, 0) is 50.9 Å². The third-order valence-electron chi connectivity index (χ3n) is 4.31. The molecule has 2 rings (SSSR count). The molecule has 0 saturated heterocycles. The highest BCUT2D eigenvalue weighted by Gasteiger charge is 2.21. The molecule has 1 aliphatic rings. The molecular weight excluding hydrogens is 232 g/mol. The lowest BCUT2D eigenvalue weighted by Gasteiger charge is -2.36. The lowest BCUT2D eigenvalue weighted by Crippen LogP contribution is -2.37. The second kappa shape index (κ2) is 6.95. The van der Waals surface area contributed by atoms with E-state index in [2.05, 4.69) is 42.3 Å². The van der Waals surface area contributed by atoms with Crippen LogP contribution in [-0.2, 0) is 6.54 Å². The molecule has 1 aromatic rings. The maximum atomic E-state index is 3.22. The largest absolute Gasteiger partial charge is 0.369 e. The highest BCUT2D eigenvalue weighted by Crippen LogP contribution is 2.29. The Morgan fingerprint density at radius 3 is 2.53 bits per heavy atom. The first kappa shape index (κ1) is 14.4. The number of nitrogens with one attached hydrogen (secondary N) is 1. The molecule has 0 amide bonds. The Kier molecular flexibility index (Phi) is 5.26. The highest BCUT2D eigenvalue weighted by molar-refractivity contribution is 5.55. The van der Waals surface area contributed by atoms with Crippen LogP contribution in [0.2, 0.25) is 0 Å². The van der Waals surface area contributed by atoms with Crippen LogP contribution in [0.1, 0.15) is 50.2 Å². The van der Waals surface area contributed by atoms with Gasteiger partial charge in [-0.1, -0.05) is 31.4 Å². The van der Waals surface area contributed by atoms with Crippen LogP contribution >= 0.6 is 0 Å². The van der Waals surface area contributed by atoms with Crippen molar-refractivity contribution in [3.8, 4) is 0 Å². The van der Waals surface area contributed by atoms with Crippen molar-refractivity contribution < 1.29 is 0 Å². The molecule has 1 N–H and O–H groups in total. The first-order valence-electron chi connectivity index (χ1n) is 7.77. The van der Waals surface area contributed by atoms with Crippen LogP contribution in [0.5, 0.6) is 0 Å². The standard InChI is InChI=1S/C17H28N2/c1-4-19(16-8-6-5-7-9-16)17-11-10-15(13-18-3)12-14(17)2/h10-12,16,18H,4-9,13H2,1-3H3. The summed E-state index contributed by atoms with van der Waals surface area (Å²) in [7, 11) is 2.00. The molecule has 1 saturated carbocycles. The number of benzene rings is 1. The molecule has 106 valence electrons. The molecule has 0 spiro atoms. The summed E-state index contributed by atoms with van der Waals surface area (Å²) >= 11 is 0. The van der Waals surface area contributed by atoms with Gasteiger partial charge in [0.25, 0.3) is 0 Å². The summed E-state index contributed by atoms with van der Waals surface area (Å²) in [5.41, 5.74) is 4.23. The monoisotopic (exact) mass is 260 g/mol. The minimum absolute atomic E-state index is 0.757. The van der Waals surface area contributed by atoms with Crippen LogP contribution < -0.4 is 10.2 Å². The number of hydrogen-bond donors (Lipinski definition) is 1. The maximum Gasteiger partial charge on any atom is 0.0398 e. The molecular formula is C17H28N2. The zero-order chi connectivity index (χ0) is 13.7. The fourth-order valence-electron chi connectivity index (χ4n) is 3.37.